The van der Waals surface area contributed by atoms with Crippen molar-refractivity contribution in [3.63, 3.8) is 0 Å². The molecule has 1 fully saturated rings. The first-order valence-corrected chi connectivity index (χ1v) is 5.82. The molecule has 2 nitrogen and oxygen atoms in total. The molecule has 2 rings (SSSR count). The van der Waals surface area contributed by atoms with Crippen molar-refractivity contribution in [3.8, 4) is 0 Å². The number of hydrogen-bond acceptors (Lipinski definition) is 2. The zero-order valence-corrected chi connectivity index (χ0v) is 9.96. The topological polar surface area (TPSA) is 15.3 Å². The van der Waals surface area contributed by atoms with Gasteiger partial charge in [-0.15, -0.1) is 0 Å². The molecule has 1 aliphatic rings. The average Bonchev–Trinajstić information content (AvgIpc) is 2.30. The number of nitrogens with zero attached hydrogens (tertiary/aromatic N) is 1. The van der Waals surface area contributed by atoms with Gasteiger partial charge in [0.25, 0.3) is 0 Å². The first-order chi connectivity index (χ1) is 7.63. The predicted molar refractivity (Wildman–Crippen MR) is 65.3 cm³/mol. The lowest BCUT2D eigenvalue weighted by molar-refractivity contribution is 0.316. The smallest absolute Gasteiger partial charge is 0.123 e. The molecule has 1 aromatic carbocycles. The largest absolute Gasteiger partial charge is 0.370 e. The average molecular weight is 222 g/mol. The standard InChI is InChI=1S/C13H19FN2/c1-13(15-2)8-3-9-16(10-13)12-6-4-11(14)5-7-12/h4-7,15H,3,8-10H2,1-2H3. The van der Waals surface area contributed by atoms with Crippen LogP contribution in [-0.4, -0.2) is 25.7 Å². The molecule has 1 N–H and O–H groups in total. The minimum atomic E-state index is -0.169. The fourth-order valence-electron chi connectivity index (χ4n) is 2.32. The van der Waals surface area contributed by atoms with Gasteiger partial charge in [-0.1, -0.05) is 0 Å². The molecular formula is C13H19FN2. The van der Waals surface area contributed by atoms with E-state index in [0.29, 0.717) is 0 Å². The summed E-state index contributed by atoms with van der Waals surface area (Å²) in [7, 11) is 2.01. The molecule has 88 valence electrons. The second kappa shape index (κ2) is 4.42. The third kappa shape index (κ3) is 2.35. The zero-order chi connectivity index (χ0) is 11.6. The third-order valence-corrected chi connectivity index (χ3v) is 3.49. The molecule has 0 bridgehead atoms. The fourth-order valence-corrected chi connectivity index (χ4v) is 2.32. The van der Waals surface area contributed by atoms with Crippen LogP contribution in [0.15, 0.2) is 24.3 Å². The van der Waals surface area contributed by atoms with E-state index < -0.39 is 0 Å². The van der Waals surface area contributed by atoms with Crippen molar-refractivity contribution in [2.45, 2.75) is 25.3 Å². The van der Waals surface area contributed by atoms with Crippen LogP contribution in [0.4, 0.5) is 10.1 Å². The van der Waals surface area contributed by atoms with E-state index in [9.17, 15) is 4.39 Å². The van der Waals surface area contributed by atoms with Gasteiger partial charge in [-0.05, 0) is 51.1 Å². The molecule has 1 saturated heterocycles. The molecular weight excluding hydrogens is 203 g/mol. The highest BCUT2D eigenvalue weighted by Gasteiger charge is 2.29. The van der Waals surface area contributed by atoms with Gasteiger partial charge in [0.1, 0.15) is 5.82 Å². The van der Waals surface area contributed by atoms with E-state index >= 15 is 0 Å². The van der Waals surface area contributed by atoms with Crippen molar-refractivity contribution in [1.29, 1.82) is 0 Å². The number of rotatable bonds is 2. The molecule has 1 aliphatic heterocycles. The molecule has 1 aromatic rings. The Morgan fingerprint density at radius 3 is 2.62 bits per heavy atom. The molecule has 0 saturated carbocycles. The highest BCUT2D eigenvalue weighted by atomic mass is 19.1. The molecule has 0 aromatic heterocycles. The predicted octanol–water partition coefficient (Wildman–Crippen LogP) is 2.40. The van der Waals surface area contributed by atoms with Crippen molar-refractivity contribution in [2.75, 3.05) is 25.0 Å². The summed E-state index contributed by atoms with van der Waals surface area (Å²) in [6, 6.07) is 6.77. The number of halogens is 1. The van der Waals surface area contributed by atoms with Gasteiger partial charge in [-0.2, -0.15) is 0 Å². The number of likely N-dealkylation sites (N-methyl/N-ethyl adjacent to an activating group) is 1. The summed E-state index contributed by atoms with van der Waals surface area (Å²) in [5.74, 6) is -0.169. The highest BCUT2D eigenvalue weighted by Crippen LogP contribution is 2.25. The normalized spacial score (nSPS) is 25.8. The monoisotopic (exact) mass is 222 g/mol. The van der Waals surface area contributed by atoms with E-state index in [4.69, 9.17) is 0 Å². The number of piperidine rings is 1. The van der Waals surface area contributed by atoms with Crippen molar-refractivity contribution < 1.29 is 4.39 Å². The van der Waals surface area contributed by atoms with Crippen LogP contribution in [0.25, 0.3) is 0 Å². The van der Waals surface area contributed by atoms with E-state index in [0.717, 1.165) is 18.8 Å². The van der Waals surface area contributed by atoms with Crippen LogP contribution >= 0.6 is 0 Å². The maximum Gasteiger partial charge on any atom is 0.123 e. The zero-order valence-electron chi connectivity index (χ0n) is 9.96. The summed E-state index contributed by atoms with van der Waals surface area (Å²) >= 11 is 0. The minimum absolute atomic E-state index is 0.169. The Balaban J connectivity index is 2.12. The van der Waals surface area contributed by atoms with Crippen LogP contribution in [0.1, 0.15) is 19.8 Å². The Bertz CT molecular complexity index is 349. The number of hydrogen-bond donors (Lipinski definition) is 1. The van der Waals surface area contributed by atoms with E-state index in [2.05, 4.69) is 17.1 Å². The quantitative estimate of drug-likeness (QED) is 0.826. The summed E-state index contributed by atoms with van der Waals surface area (Å²) < 4.78 is 12.8. The Morgan fingerprint density at radius 2 is 2.00 bits per heavy atom. The summed E-state index contributed by atoms with van der Waals surface area (Å²) in [6.45, 7) is 4.28. The van der Waals surface area contributed by atoms with Crippen molar-refractivity contribution in [3.05, 3.63) is 30.1 Å². The van der Waals surface area contributed by atoms with Gasteiger partial charge in [0.05, 0.1) is 0 Å². The lowest BCUT2D eigenvalue weighted by atomic mass is 9.91. The second-order valence-electron chi connectivity index (χ2n) is 4.81. The fraction of sp³-hybridized carbons (Fsp3) is 0.538. The van der Waals surface area contributed by atoms with Crippen LogP contribution in [0.3, 0.4) is 0 Å². The van der Waals surface area contributed by atoms with Gasteiger partial charge in [0.2, 0.25) is 0 Å². The van der Waals surface area contributed by atoms with Crippen LogP contribution < -0.4 is 10.2 Å². The van der Waals surface area contributed by atoms with Gasteiger partial charge in [-0.3, -0.25) is 0 Å². The summed E-state index contributed by atoms with van der Waals surface area (Å²) in [5, 5.41) is 3.38. The first kappa shape index (κ1) is 11.4. The molecule has 1 heterocycles. The molecule has 0 amide bonds. The van der Waals surface area contributed by atoms with Gasteiger partial charge < -0.3 is 10.2 Å². The first-order valence-electron chi connectivity index (χ1n) is 5.82. The van der Waals surface area contributed by atoms with E-state index in [1.807, 2.05) is 19.2 Å². The lowest BCUT2D eigenvalue weighted by Gasteiger charge is -2.41. The molecule has 16 heavy (non-hydrogen) atoms. The van der Waals surface area contributed by atoms with Gasteiger partial charge in [-0.25, -0.2) is 4.39 Å². The molecule has 0 aliphatic carbocycles. The SMILES string of the molecule is CNC1(C)CCCN(c2ccc(F)cc2)C1. The highest BCUT2D eigenvalue weighted by molar-refractivity contribution is 5.47. The molecule has 1 atom stereocenters. The summed E-state index contributed by atoms with van der Waals surface area (Å²) in [4.78, 5) is 2.32. The summed E-state index contributed by atoms with van der Waals surface area (Å²) in [5.41, 5.74) is 1.29. The third-order valence-electron chi connectivity index (χ3n) is 3.49. The van der Waals surface area contributed by atoms with Crippen LogP contribution in [0, 0.1) is 5.82 Å². The van der Waals surface area contributed by atoms with E-state index in [1.165, 1.54) is 25.0 Å². The van der Waals surface area contributed by atoms with Crippen molar-refractivity contribution in [2.24, 2.45) is 0 Å². The minimum Gasteiger partial charge on any atom is -0.370 e. The number of anilines is 1. The maximum atomic E-state index is 12.8. The van der Waals surface area contributed by atoms with E-state index in [-0.39, 0.29) is 11.4 Å². The molecule has 3 heteroatoms. The van der Waals surface area contributed by atoms with Gasteiger partial charge in [0.15, 0.2) is 0 Å². The Kier molecular flexibility index (Phi) is 3.15. The molecule has 0 radical (unpaired) electrons. The Morgan fingerprint density at radius 1 is 1.31 bits per heavy atom. The van der Waals surface area contributed by atoms with Gasteiger partial charge in [0, 0.05) is 24.3 Å². The van der Waals surface area contributed by atoms with E-state index in [1.54, 1.807) is 0 Å². The number of nitrogens with one attached hydrogen (secondary N) is 1. The Labute approximate surface area is 96.5 Å². The lowest BCUT2D eigenvalue weighted by Crippen LogP contribution is -2.53. The Hall–Kier alpha value is -1.09. The maximum absolute atomic E-state index is 12.8. The van der Waals surface area contributed by atoms with Crippen LogP contribution in [-0.2, 0) is 0 Å². The van der Waals surface area contributed by atoms with Crippen molar-refractivity contribution >= 4 is 5.69 Å². The van der Waals surface area contributed by atoms with Crippen LogP contribution in [0.2, 0.25) is 0 Å². The second-order valence-corrected chi connectivity index (χ2v) is 4.81. The van der Waals surface area contributed by atoms with Gasteiger partial charge >= 0.3 is 0 Å². The molecule has 0 spiro atoms. The van der Waals surface area contributed by atoms with Crippen molar-refractivity contribution in [1.82, 2.24) is 5.32 Å². The molecule has 1 unspecified atom stereocenters. The number of benzene rings is 1. The summed E-state index contributed by atoms with van der Waals surface area (Å²) in [6.07, 6.45) is 2.37. The van der Waals surface area contributed by atoms with Crippen LogP contribution in [0.5, 0.6) is 0 Å².